The number of nitrogens with zero attached hydrogens (tertiary/aromatic N) is 4. The first kappa shape index (κ1) is 21.7. The van der Waals surface area contributed by atoms with Gasteiger partial charge in [0.25, 0.3) is 11.6 Å². The Morgan fingerprint density at radius 2 is 1.71 bits per heavy atom. The molecular weight excluding hydrogens is 453 g/mol. The van der Waals surface area contributed by atoms with Crippen LogP contribution in [0.15, 0.2) is 48.8 Å². The zero-order valence-corrected chi connectivity index (χ0v) is 16.7. The van der Waals surface area contributed by atoms with E-state index in [1.54, 1.807) is 6.07 Å². The number of nitro groups is 2. The van der Waals surface area contributed by atoms with Crippen molar-refractivity contribution in [1.82, 2.24) is 15.4 Å². The Bertz CT molecular complexity index is 1190. The molecule has 0 saturated carbocycles. The minimum atomic E-state index is -0.774. The number of benzene rings is 2. The molecule has 1 heterocycles. The summed E-state index contributed by atoms with van der Waals surface area (Å²) in [6, 6.07) is 9.44. The molecule has 3 rings (SSSR count). The molecule has 14 heteroatoms. The third kappa shape index (κ3) is 5.12. The standard InChI is InChI=1S/C17H11Cl2N7O5/c18-10-4-5-12(19)13(7-10)22-15-14(26(30)31)16(21-8-20-15)23-24-17(27)9-2-1-3-11(6-9)25(28)29/h1-8H,(H,24,27)(H2,20,21,22,23). The van der Waals surface area contributed by atoms with E-state index in [-0.39, 0.29) is 33.6 Å². The van der Waals surface area contributed by atoms with Gasteiger partial charge in [-0.25, -0.2) is 9.97 Å². The van der Waals surface area contributed by atoms with Gasteiger partial charge in [0.15, 0.2) is 0 Å². The Balaban J connectivity index is 1.85. The summed E-state index contributed by atoms with van der Waals surface area (Å²) in [5.74, 6) is -1.32. The lowest BCUT2D eigenvalue weighted by molar-refractivity contribution is -0.384. The molecule has 31 heavy (non-hydrogen) atoms. The summed E-state index contributed by atoms with van der Waals surface area (Å²) >= 11 is 12.0. The van der Waals surface area contributed by atoms with Crippen LogP contribution in [0, 0.1) is 20.2 Å². The summed E-state index contributed by atoms with van der Waals surface area (Å²) in [6.07, 6.45) is 1.02. The summed E-state index contributed by atoms with van der Waals surface area (Å²) in [6.45, 7) is 0. The van der Waals surface area contributed by atoms with Crippen LogP contribution in [0.1, 0.15) is 10.4 Å². The maximum absolute atomic E-state index is 12.3. The van der Waals surface area contributed by atoms with Crippen LogP contribution in [0.5, 0.6) is 0 Å². The predicted molar refractivity (Wildman–Crippen MR) is 113 cm³/mol. The molecule has 0 saturated heterocycles. The number of amides is 1. The number of hydrazine groups is 1. The second-order valence-electron chi connectivity index (χ2n) is 5.81. The Morgan fingerprint density at radius 3 is 2.42 bits per heavy atom. The van der Waals surface area contributed by atoms with Gasteiger partial charge in [0.2, 0.25) is 11.6 Å². The number of carbonyl (C=O) groups excluding carboxylic acids is 1. The van der Waals surface area contributed by atoms with Gasteiger partial charge in [0.05, 0.1) is 20.6 Å². The third-order valence-corrected chi connectivity index (χ3v) is 4.36. The van der Waals surface area contributed by atoms with Crippen molar-refractivity contribution in [2.45, 2.75) is 0 Å². The lowest BCUT2D eigenvalue weighted by Gasteiger charge is -2.12. The molecule has 0 aliphatic heterocycles. The average Bonchev–Trinajstić information content (AvgIpc) is 2.74. The summed E-state index contributed by atoms with van der Waals surface area (Å²) in [4.78, 5) is 40.9. The molecule has 1 aromatic heterocycles. The topological polar surface area (TPSA) is 165 Å². The molecule has 3 aromatic rings. The van der Waals surface area contributed by atoms with Gasteiger partial charge < -0.3 is 5.32 Å². The smallest absolute Gasteiger partial charge is 0.333 e. The van der Waals surface area contributed by atoms with Crippen molar-refractivity contribution in [3.63, 3.8) is 0 Å². The molecule has 0 radical (unpaired) electrons. The largest absolute Gasteiger partial charge is 0.355 e. The first-order valence-corrected chi connectivity index (χ1v) is 9.04. The normalized spacial score (nSPS) is 10.3. The fourth-order valence-corrected chi connectivity index (χ4v) is 2.74. The van der Waals surface area contributed by atoms with Crippen LogP contribution < -0.4 is 16.2 Å². The SMILES string of the molecule is O=C(NNc1ncnc(Nc2cc(Cl)ccc2Cl)c1[N+](=O)[O-])c1cccc([N+](=O)[O-])c1. The van der Waals surface area contributed by atoms with E-state index in [1.807, 2.05) is 0 Å². The summed E-state index contributed by atoms with van der Waals surface area (Å²) in [5, 5.41) is 25.8. The molecule has 3 N–H and O–H groups in total. The van der Waals surface area contributed by atoms with Crippen molar-refractivity contribution >= 4 is 57.8 Å². The number of anilines is 3. The van der Waals surface area contributed by atoms with E-state index in [0.717, 1.165) is 12.4 Å². The second kappa shape index (κ2) is 9.19. The van der Waals surface area contributed by atoms with Gasteiger partial charge in [0, 0.05) is 22.7 Å². The maximum Gasteiger partial charge on any atom is 0.355 e. The highest BCUT2D eigenvalue weighted by atomic mass is 35.5. The molecular formula is C17H11Cl2N7O5. The highest BCUT2D eigenvalue weighted by Crippen LogP contribution is 2.34. The molecule has 1 amide bonds. The number of hydrogen-bond acceptors (Lipinski definition) is 9. The molecule has 2 aromatic carbocycles. The van der Waals surface area contributed by atoms with Gasteiger partial charge in [0.1, 0.15) is 6.33 Å². The number of aromatic nitrogens is 2. The van der Waals surface area contributed by atoms with Crippen molar-refractivity contribution in [3.8, 4) is 0 Å². The fourth-order valence-electron chi connectivity index (χ4n) is 2.40. The molecule has 0 atom stereocenters. The number of nitro benzene ring substituents is 1. The Hall–Kier alpha value is -4.03. The van der Waals surface area contributed by atoms with Crippen LogP contribution >= 0.6 is 23.2 Å². The van der Waals surface area contributed by atoms with E-state index in [4.69, 9.17) is 23.2 Å². The molecule has 0 aliphatic rings. The van der Waals surface area contributed by atoms with Crippen LogP contribution in [0.25, 0.3) is 0 Å². The summed E-state index contributed by atoms with van der Waals surface area (Å²) < 4.78 is 0. The summed E-state index contributed by atoms with van der Waals surface area (Å²) in [5.41, 5.74) is 3.89. The van der Waals surface area contributed by atoms with Crippen LogP contribution in [-0.4, -0.2) is 25.7 Å². The number of nitrogens with one attached hydrogen (secondary N) is 3. The van der Waals surface area contributed by atoms with Gasteiger partial charge in [-0.05, 0) is 24.3 Å². The third-order valence-electron chi connectivity index (χ3n) is 3.80. The zero-order valence-electron chi connectivity index (χ0n) is 15.2. The van der Waals surface area contributed by atoms with Crippen molar-refractivity contribution in [3.05, 3.63) is 84.6 Å². The van der Waals surface area contributed by atoms with Crippen molar-refractivity contribution in [1.29, 1.82) is 0 Å². The first-order chi connectivity index (χ1) is 14.8. The van der Waals surface area contributed by atoms with E-state index in [2.05, 4.69) is 26.1 Å². The highest BCUT2D eigenvalue weighted by Gasteiger charge is 2.24. The van der Waals surface area contributed by atoms with Gasteiger partial charge in [-0.1, -0.05) is 29.3 Å². The average molecular weight is 464 g/mol. The molecule has 0 fully saturated rings. The lowest BCUT2D eigenvalue weighted by Crippen LogP contribution is -2.30. The minimum absolute atomic E-state index is 0.0394. The first-order valence-electron chi connectivity index (χ1n) is 8.28. The number of rotatable bonds is 7. The Kier molecular flexibility index (Phi) is 6.43. The van der Waals surface area contributed by atoms with E-state index >= 15 is 0 Å². The van der Waals surface area contributed by atoms with E-state index in [9.17, 15) is 25.0 Å². The van der Waals surface area contributed by atoms with Crippen LogP contribution in [0.4, 0.5) is 28.7 Å². The number of carbonyl (C=O) groups is 1. The van der Waals surface area contributed by atoms with Crippen molar-refractivity contribution in [2.75, 3.05) is 10.7 Å². The number of non-ortho nitro benzene ring substituents is 1. The monoisotopic (exact) mass is 463 g/mol. The fraction of sp³-hybridized carbons (Fsp3) is 0. The van der Waals surface area contributed by atoms with Crippen LogP contribution in [-0.2, 0) is 0 Å². The van der Waals surface area contributed by atoms with E-state index in [1.165, 1.54) is 30.3 Å². The van der Waals surface area contributed by atoms with Gasteiger partial charge in [-0.3, -0.25) is 35.9 Å². The van der Waals surface area contributed by atoms with Gasteiger partial charge in [-0.15, -0.1) is 0 Å². The van der Waals surface area contributed by atoms with Crippen LogP contribution in [0.3, 0.4) is 0 Å². The molecule has 0 unspecified atom stereocenters. The molecule has 0 aliphatic carbocycles. The predicted octanol–water partition coefficient (Wildman–Crippen LogP) is 4.10. The van der Waals surface area contributed by atoms with Gasteiger partial charge in [-0.2, -0.15) is 0 Å². The molecule has 0 spiro atoms. The van der Waals surface area contributed by atoms with Crippen molar-refractivity contribution in [2.24, 2.45) is 0 Å². The van der Waals surface area contributed by atoms with Crippen LogP contribution in [0.2, 0.25) is 10.0 Å². The summed E-state index contributed by atoms with van der Waals surface area (Å²) in [7, 11) is 0. The van der Waals surface area contributed by atoms with E-state index in [0.29, 0.717) is 5.02 Å². The Labute approximate surface area is 183 Å². The quantitative estimate of drug-likeness (QED) is 0.345. The zero-order chi connectivity index (χ0) is 22.5. The second-order valence-corrected chi connectivity index (χ2v) is 6.66. The Morgan fingerprint density at radius 1 is 0.968 bits per heavy atom. The maximum atomic E-state index is 12.3. The van der Waals surface area contributed by atoms with Crippen molar-refractivity contribution < 1.29 is 14.6 Å². The number of halogens is 2. The molecule has 12 nitrogen and oxygen atoms in total. The molecule has 158 valence electrons. The molecule has 0 bridgehead atoms. The van der Waals surface area contributed by atoms with Gasteiger partial charge >= 0.3 is 5.69 Å². The number of hydrogen-bond donors (Lipinski definition) is 3. The lowest BCUT2D eigenvalue weighted by atomic mass is 10.2. The highest BCUT2D eigenvalue weighted by molar-refractivity contribution is 6.35. The van der Waals surface area contributed by atoms with E-state index < -0.39 is 21.4 Å². The minimum Gasteiger partial charge on any atom is -0.333 e.